The molecule has 8 heteroatoms. The Kier molecular flexibility index (Phi) is 10.0. The number of nitrogens with zero attached hydrogens (tertiary/aromatic N) is 1. The maximum absolute atomic E-state index is 14.4. The summed E-state index contributed by atoms with van der Waals surface area (Å²) in [6.07, 6.45) is 0.000770. The van der Waals surface area contributed by atoms with Crippen LogP contribution < -0.4 is 15.6 Å². The largest absolute Gasteiger partial charge is 0.494 e. The highest BCUT2D eigenvalue weighted by atomic mass is 19.1. The van der Waals surface area contributed by atoms with Crippen molar-refractivity contribution < 1.29 is 23.8 Å². The van der Waals surface area contributed by atoms with Crippen LogP contribution in [0.15, 0.2) is 138 Å². The van der Waals surface area contributed by atoms with Gasteiger partial charge in [0.2, 0.25) is 5.90 Å². The summed E-state index contributed by atoms with van der Waals surface area (Å²) in [5, 5.41) is 9.08. The summed E-state index contributed by atoms with van der Waals surface area (Å²) in [7, 11) is 0. The molecule has 5 aromatic rings. The molecule has 1 aliphatic heterocycles. The van der Waals surface area contributed by atoms with Crippen molar-refractivity contribution in [3.05, 3.63) is 162 Å². The Hall–Kier alpha value is -5.31. The first-order valence-electron chi connectivity index (χ1n) is 15.6. The van der Waals surface area contributed by atoms with Crippen molar-refractivity contribution in [2.24, 2.45) is 4.99 Å². The molecule has 1 heterocycles. The molecule has 2 atom stereocenters. The highest BCUT2D eigenvalue weighted by Crippen LogP contribution is 2.43. The van der Waals surface area contributed by atoms with E-state index >= 15 is 0 Å². The number of aliphatic imine (C=N–C) groups is 1. The summed E-state index contributed by atoms with van der Waals surface area (Å²) in [5.41, 5.74) is 9.25. The zero-order valence-electron chi connectivity index (χ0n) is 25.8. The smallest absolute Gasteiger partial charge is 0.266 e. The van der Waals surface area contributed by atoms with Crippen molar-refractivity contribution in [1.82, 2.24) is 10.9 Å². The summed E-state index contributed by atoms with van der Waals surface area (Å²) in [4.78, 5) is 19.5. The molecule has 238 valence electrons. The van der Waals surface area contributed by atoms with E-state index in [4.69, 9.17) is 19.6 Å². The number of aliphatic hydroxyl groups is 1. The van der Waals surface area contributed by atoms with Crippen LogP contribution in [0.25, 0.3) is 11.1 Å². The fourth-order valence-corrected chi connectivity index (χ4v) is 5.64. The topological polar surface area (TPSA) is 92.2 Å². The van der Waals surface area contributed by atoms with Crippen LogP contribution in [0, 0.1) is 5.82 Å². The lowest BCUT2D eigenvalue weighted by Crippen LogP contribution is -2.53. The number of nitrogens with one attached hydrogen (secondary N) is 2. The van der Waals surface area contributed by atoms with E-state index in [2.05, 4.69) is 10.9 Å². The Labute approximate surface area is 273 Å². The van der Waals surface area contributed by atoms with Crippen LogP contribution in [0.3, 0.4) is 0 Å². The van der Waals surface area contributed by atoms with Crippen molar-refractivity contribution in [3.8, 4) is 16.9 Å². The number of ether oxygens (including phenoxy) is 2. The van der Waals surface area contributed by atoms with Gasteiger partial charge in [-0.25, -0.2) is 14.8 Å². The summed E-state index contributed by atoms with van der Waals surface area (Å²) in [5.74, 6) is 0.204. The second kappa shape index (κ2) is 14.9. The van der Waals surface area contributed by atoms with E-state index in [1.54, 1.807) is 18.2 Å². The molecular weight excluding hydrogens is 593 g/mol. The third-order valence-electron chi connectivity index (χ3n) is 8.11. The molecule has 0 spiro atoms. The van der Waals surface area contributed by atoms with Gasteiger partial charge in [0.15, 0.2) is 11.6 Å². The van der Waals surface area contributed by atoms with Crippen LogP contribution in [0.5, 0.6) is 5.75 Å². The molecule has 0 saturated heterocycles. The zero-order chi connectivity index (χ0) is 32.5. The van der Waals surface area contributed by atoms with E-state index in [1.165, 1.54) is 6.07 Å². The second-order valence-electron chi connectivity index (χ2n) is 11.3. The number of hydrazine groups is 1. The molecule has 47 heavy (non-hydrogen) atoms. The highest BCUT2D eigenvalue weighted by molar-refractivity contribution is 6.01. The summed E-state index contributed by atoms with van der Waals surface area (Å²) >= 11 is 0. The minimum Gasteiger partial charge on any atom is -0.494 e. The van der Waals surface area contributed by atoms with Gasteiger partial charge in [0.1, 0.15) is 11.6 Å². The highest BCUT2D eigenvalue weighted by Gasteiger charge is 2.53. The molecule has 6 rings (SSSR count). The van der Waals surface area contributed by atoms with Crippen LogP contribution in [0.2, 0.25) is 0 Å². The molecule has 7 nitrogen and oxygen atoms in total. The maximum atomic E-state index is 14.4. The average Bonchev–Trinajstić information content (AvgIpc) is 3.50. The lowest BCUT2D eigenvalue weighted by molar-refractivity contribution is -0.130. The van der Waals surface area contributed by atoms with Gasteiger partial charge in [0.25, 0.3) is 5.91 Å². The molecular formula is C39H36FN3O4. The van der Waals surface area contributed by atoms with E-state index in [0.29, 0.717) is 35.8 Å². The lowest BCUT2D eigenvalue weighted by Gasteiger charge is -2.31. The van der Waals surface area contributed by atoms with Crippen molar-refractivity contribution in [2.75, 3.05) is 13.2 Å². The van der Waals surface area contributed by atoms with E-state index < -0.39 is 17.6 Å². The fourth-order valence-electron chi connectivity index (χ4n) is 5.64. The Morgan fingerprint density at radius 1 is 0.809 bits per heavy atom. The van der Waals surface area contributed by atoms with E-state index in [-0.39, 0.29) is 25.4 Å². The molecule has 0 unspecified atom stereocenters. The SMILES string of the molecule is O=C(NNCc1ccccc1F)[C@@]1(Cc2ccccc2)N=C(c2ccc(OCCCO)cc2)O[C@H]1c1ccc(-c2ccccc2)cc1. The summed E-state index contributed by atoms with van der Waals surface area (Å²) in [6, 6.07) is 41.5. The molecule has 1 aliphatic rings. The van der Waals surface area contributed by atoms with Gasteiger partial charge in [-0.1, -0.05) is 103 Å². The van der Waals surface area contributed by atoms with Crippen LogP contribution in [0.1, 0.15) is 34.8 Å². The van der Waals surface area contributed by atoms with Gasteiger partial charge in [-0.15, -0.1) is 0 Å². The van der Waals surface area contributed by atoms with Crippen LogP contribution in [0.4, 0.5) is 4.39 Å². The zero-order valence-corrected chi connectivity index (χ0v) is 25.8. The first kappa shape index (κ1) is 31.7. The lowest BCUT2D eigenvalue weighted by atomic mass is 9.82. The predicted octanol–water partition coefficient (Wildman–Crippen LogP) is 6.57. The normalized spacial score (nSPS) is 17.1. The molecule has 0 aromatic heterocycles. The first-order valence-corrected chi connectivity index (χ1v) is 15.6. The van der Waals surface area contributed by atoms with Gasteiger partial charge < -0.3 is 14.6 Å². The predicted molar refractivity (Wildman–Crippen MR) is 180 cm³/mol. The van der Waals surface area contributed by atoms with Crippen molar-refractivity contribution in [2.45, 2.75) is 31.0 Å². The Bertz CT molecular complexity index is 1800. The number of hydrogen-bond acceptors (Lipinski definition) is 6. The van der Waals surface area contributed by atoms with Crippen LogP contribution in [-0.2, 0) is 22.5 Å². The first-order chi connectivity index (χ1) is 23.1. The minimum atomic E-state index is -1.41. The number of carbonyl (C=O) groups is 1. The van der Waals surface area contributed by atoms with Gasteiger partial charge in [-0.2, -0.15) is 0 Å². The minimum absolute atomic E-state index is 0.0527. The van der Waals surface area contributed by atoms with E-state index in [1.807, 2.05) is 109 Å². The third-order valence-corrected chi connectivity index (χ3v) is 8.11. The van der Waals surface area contributed by atoms with Gasteiger partial charge in [0, 0.05) is 37.1 Å². The number of hydrogen-bond donors (Lipinski definition) is 3. The monoisotopic (exact) mass is 629 g/mol. The number of benzene rings is 5. The molecule has 1 amide bonds. The summed E-state index contributed by atoms with van der Waals surface area (Å²) in [6.45, 7) is 0.539. The molecule has 3 N–H and O–H groups in total. The molecule has 0 saturated carbocycles. The van der Waals surface area contributed by atoms with Gasteiger partial charge >= 0.3 is 0 Å². The molecule has 5 aromatic carbocycles. The number of halogens is 1. The molecule has 0 fully saturated rings. The molecule has 0 radical (unpaired) electrons. The Balaban J connectivity index is 1.37. The maximum Gasteiger partial charge on any atom is 0.266 e. The third kappa shape index (κ3) is 7.41. The van der Waals surface area contributed by atoms with Crippen LogP contribution in [-0.4, -0.2) is 35.7 Å². The standard InChI is InChI=1S/C39H36FN3O4/c40-35-15-8-7-14-33(35)27-41-43-38(45)39(26-28-10-3-1-4-11-28)36(31-18-16-30(17-19-31)29-12-5-2-6-13-29)47-37(42-39)32-20-22-34(23-21-32)46-25-9-24-44/h1-8,10-23,36,41,44H,9,24-27H2,(H,43,45)/t36-,39-/m0/s1. The average molecular weight is 630 g/mol. The van der Waals surface area contributed by atoms with E-state index in [0.717, 1.165) is 22.3 Å². The summed E-state index contributed by atoms with van der Waals surface area (Å²) < 4.78 is 26.7. The molecule has 0 aliphatic carbocycles. The van der Waals surface area contributed by atoms with Gasteiger partial charge in [-0.05, 0) is 52.6 Å². The number of rotatable bonds is 13. The van der Waals surface area contributed by atoms with Gasteiger partial charge in [-0.3, -0.25) is 10.2 Å². The number of amides is 1. The van der Waals surface area contributed by atoms with Gasteiger partial charge in [0.05, 0.1) is 6.61 Å². The fraction of sp³-hybridized carbons (Fsp3) is 0.179. The van der Waals surface area contributed by atoms with Crippen molar-refractivity contribution >= 4 is 11.8 Å². The Morgan fingerprint density at radius 2 is 1.45 bits per heavy atom. The van der Waals surface area contributed by atoms with Crippen molar-refractivity contribution in [1.29, 1.82) is 0 Å². The quantitative estimate of drug-likeness (QED) is 0.101. The molecule has 0 bridgehead atoms. The second-order valence-corrected chi connectivity index (χ2v) is 11.3. The van der Waals surface area contributed by atoms with E-state index in [9.17, 15) is 9.18 Å². The van der Waals surface area contributed by atoms with Crippen LogP contribution >= 0.6 is 0 Å². The van der Waals surface area contributed by atoms with Crippen molar-refractivity contribution in [3.63, 3.8) is 0 Å². The number of aliphatic hydroxyl groups excluding tert-OH is 1. The Morgan fingerprint density at radius 3 is 2.15 bits per heavy atom. The number of carbonyl (C=O) groups excluding carboxylic acids is 1.